The van der Waals surface area contributed by atoms with E-state index in [1.54, 1.807) is 30.5 Å². The standard InChI is InChI=1S/C20H25BrN4O3S/c1-24-8-10-25(11-9-24)19-7-4-17(12-22-19)13-23-20(26)15-29(27,28)14-16-2-5-18(21)6-3-16/h2-7,12H,8-11,13-15H2,1H3,(H,23,26). The van der Waals surface area contributed by atoms with E-state index >= 15 is 0 Å². The summed E-state index contributed by atoms with van der Waals surface area (Å²) >= 11 is 3.31. The Morgan fingerprint density at radius 1 is 1.07 bits per heavy atom. The molecule has 0 atom stereocenters. The number of hydrogen-bond acceptors (Lipinski definition) is 6. The fourth-order valence-corrected chi connectivity index (χ4v) is 4.65. The van der Waals surface area contributed by atoms with Gasteiger partial charge in [-0.15, -0.1) is 0 Å². The summed E-state index contributed by atoms with van der Waals surface area (Å²) in [6.07, 6.45) is 1.73. The third-order valence-corrected chi connectivity index (χ3v) is 6.78. The Bertz CT molecular complexity index is 925. The molecular formula is C20H25BrN4O3S. The third-order valence-electron chi connectivity index (χ3n) is 4.78. The van der Waals surface area contributed by atoms with E-state index < -0.39 is 21.5 Å². The number of rotatable bonds is 7. The molecule has 3 rings (SSSR count). The molecule has 0 bridgehead atoms. The number of sulfone groups is 1. The van der Waals surface area contributed by atoms with Crippen molar-refractivity contribution in [1.82, 2.24) is 15.2 Å². The number of halogens is 1. The van der Waals surface area contributed by atoms with E-state index in [1.165, 1.54) is 0 Å². The summed E-state index contributed by atoms with van der Waals surface area (Å²) in [5.41, 5.74) is 1.49. The molecule has 156 valence electrons. The average Bonchev–Trinajstić information content (AvgIpc) is 2.69. The van der Waals surface area contributed by atoms with Crippen molar-refractivity contribution in [3.63, 3.8) is 0 Å². The maximum atomic E-state index is 12.3. The van der Waals surface area contributed by atoms with Gasteiger partial charge in [-0.25, -0.2) is 13.4 Å². The largest absolute Gasteiger partial charge is 0.354 e. The topological polar surface area (TPSA) is 82.6 Å². The van der Waals surface area contributed by atoms with E-state index in [2.05, 4.69) is 43.1 Å². The zero-order valence-electron chi connectivity index (χ0n) is 16.3. The summed E-state index contributed by atoms with van der Waals surface area (Å²) in [4.78, 5) is 21.1. The Morgan fingerprint density at radius 3 is 2.34 bits per heavy atom. The van der Waals surface area contributed by atoms with Gasteiger partial charge >= 0.3 is 0 Å². The second-order valence-corrected chi connectivity index (χ2v) is 10.2. The zero-order valence-corrected chi connectivity index (χ0v) is 18.7. The van der Waals surface area contributed by atoms with Crippen LogP contribution >= 0.6 is 15.9 Å². The van der Waals surface area contributed by atoms with Crippen molar-refractivity contribution < 1.29 is 13.2 Å². The molecule has 1 amide bonds. The number of carbonyl (C=O) groups excluding carboxylic acids is 1. The van der Waals surface area contributed by atoms with Crippen molar-refractivity contribution in [3.8, 4) is 0 Å². The smallest absolute Gasteiger partial charge is 0.235 e. The molecule has 0 saturated carbocycles. The van der Waals surface area contributed by atoms with Crippen LogP contribution in [0, 0.1) is 0 Å². The van der Waals surface area contributed by atoms with Crippen LogP contribution in [0.15, 0.2) is 47.1 Å². The zero-order chi connectivity index (χ0) is 20.9. The van der Waals surface area contributed by atoms with Crippen molar-refractivity contribution in [2.45, 2.75) is 12.3 Å². The number of amides is 1. The van der Waals surface area contributed by atoms with Crippen LogP contribution in [0.1, 0.15) is 11.1 Å². The van der Waals surface area contributed by atoms with Gasteiger partial charge in [0.2, 0.25) is 5.91 Å². The molecular weight excluding hydrogens is 456 g/mol. The Morgan fingerprint density at radius 2 is 1.72 bits per heavy atom. The van der Waals surface area contributed by atoms with E-state index in [4.69, 9.17) is 0 Å². The number of nitrogens with zero attached hydrogens (tertiary/aromatic N) is 3. The molecule has 1 aromatic carbocycles. The molecule has 0 spiro atoms. The highest BCUT2D eigenvalue weighted by Crippen LogP contribution is 2.14. The molecule has 0 unspecified atom stereocenters. The van der Waals surface area contributed by atoms with Crippen LogP contribution in [0.5, 0.6) is 0 Å². The summed E-state index contributed by atoms with van der Waals surface area (Å²) in [6.45, 7) is 4.15. The van der Waals surface area contributed by atoms with Crippen molar-refractivity contribution in [3.05, 3.63) is 58.2 Å². The lowest BCUT2D eigenvalue weighted by molar-refractivity contribution is -0.118. The van der Waals surface area contributed by atoms with Gasteiger partial charge in [-0.1, -0.05) is 34.1 Å². The third kappa shape index (κ3) is 6.80. The van der Waals surface area contributed by atoms with Crippen LogP contribution in [0.25, 0.3) is 0 Å². The Hall–Kier alpha value is -1.97. The van der Waals surface area contributed by atoms with Gasteiger partial charge in [-0.05, 0) is 36.4 Å². The van der Waals surface area contributed by atoms with Gasteiger partial charge in [-0.3, -0.25) is 4.79 Å². The van der Waals surface area contributed by atoms with E-state index in [0.717, 1.165) is 42.0 Å². The number of nitrogens with one attached hydrogen (secondary N) is 1. The van der Waals surface area contributed by atoms with Gasteiger partial charge in [0, 0.05) is 43.4 Å². The van der Waals surface area contributed by atoms with E-state index in [1.807, 2.05) is 12.1 Å². The predicted octanol–water partition coefficient (Wildman–Crippen LogP) is 1.83. The first-order valence-electron chi connectivity index (χ1n) is 9.41. The summed E-state index contributed by atoms with van der Waals surface area (Å²) in [7, 11) is -1.42. The molecule has 9 heteroatoms. The quantitative estimate of drug-likeness (QED) is 0.650. The SMILES string of the molecule is CN1CCN(c2ccc(CNC(=O)CS(=O)(=O)Cc3ccc(Br)cc3)cn2)CC1. The van der Waals surface area contributed by atoms with Gasteiger partial charge in [0.25, 0.3) is 0 Å². The summed E-state index contributed by atoms with van der Waals surface area (Å²) < 4.78 is 25.4. The number of pyridine rings is 1. The molecule has 1 aliphatic heterocycles. The van der Waals surface area contributed by atoms with Gasteiger partial charge in [-0.2, -0.15) is 0 Å². The molecule has 1 saturated heterocycles. The predicted molar refractivity (Wildman–Crippen MR) is 117 cm³/mol. The highest BCUT2D eigenvalue weighted by molar-refractivity contribution is 9.10. The number of benzene rings is 1. The van der Waals surface area contributed by atoms with Crippen molar-refractivity contribution in [2.24, 2.45) is 0 Å². The van der Waals surface area contributed by atoms with E-state index in [-0.39, 0.29) is 12.3 Å². The van der Waals surface area contributed by atoms with Crippen LogP contribution < -0.4 is 10.2 Å². The highest BCUT2D eigenvalue weighted by Gasteiger charge is 2.18. The molecule has 2 aromatic rings. The first-order chi connectivity index (χ1) is 13.8. The lowest BCUT2D eigenvalue weighted by Crippen LogP contribution is -2.44. The van der Waals surface area contributed by atoms with Crippen LogP contribution in [-0.2, 0) is 26.9 Å². The minimum absolute atomic E-state index is 0.158. The normalized spacial score (nSPS) is 15.3. The number of anilines is 1. The Kier molecular flexibility index (Phi) is 7.26. The van der Waals surface area contributed by atoms with E-state index in [9.17, 15) is 13.2 Å². The fourth-order valence-electron chi connectivity index (χ4n) is 3.08. The molecule has 2 heterocycles. The summed E-state index contributed by atoms with van der Waals surface area (Å²) in [6, 6.07) is 10.9. The van der Waals surface area contributed by atoms with Crippen molar-refractivity contribution in [1.29, 1.82) is 0 Å². The second-order valence-electron chi connectivity index (χ2n) is 7.25. The summed E-state index contributed by atoms with van der Waals surface area (Å²) in [5, 5.41) is 2.67. The van der Waals surface area contributed by atoms with Crippen LogP contribution in [0.2, 0.25) is 0 Å². The molecule has 0 aliphatic carbocycles. The number of piperazine rings is 1. The maximum Gasteiger partial charge on any atom is 0.235 e. The Balaban J connectivity index is 1.47. The number of aromatic nitrogens is 1. The minimum atomic E-state index is -3.53. The van der Waals surface area contributed by atoms with Crippen molar-refractivity contribution in [2.75, 3.05) is 43.9 Å². The lowest BCUT2D eigenvalue weighted by atomic mass is 10.2. The maximum absolute atomic E-state index is 12.3. The molecule has 1 N–H and O–H groups in total. The first kappa shape index (κ1) is 21.7. The van der Waals surface area contributed by atoms with Gasteiger partial charge in [0.15, 0.2) is 9.84 Å². The highest BCUT2D eigenvalue weighted by atomic mass is 79.9. The molecule has 1 fully saturated rings. The lowest BCUT2D eigenvalue weighted by Gasteiger charge is -2.33. The molecule has 0 radical (unpaired) electrons. The van der Waals surface area contributed by atoms with Crippen LogP contribution in [0.4, 0.5) is 5.82 Å². The fraction of sp³-hybridized carbons (Fsp3) is 0.400. The van der Waals surface area contributed by atoms with Crippen LogP contribution in [0.3, 0.4) is 0 Å². The summed E-state index contributed by atoms with van der Waals surface area (Å²) in [5.74, 6) is -0.277. The number of likely N-dealkylation sites (N-methyl/N-ethyl adjacent to an activating group) is 1. The number of hydrogen-bond donors (Lipinski definition) is 1. The molecule has 7 nitrogen and oxygen atoms in total. The monoisotopic (exact) mass is 480 g/mol. The van der Waals surface area contributed by atoms with E-state index in [0.29, 0.717) is 5.56 Å². The Labute approximate surface area is 180 Å². The minimum Gasteiger partial charge on any atom is -0.354 e. The molecule has 29 heavy (non-hydrogen) atoms. The molecule has 1 aromatic heterocycles. The van der Waals surface area contributed by atoms with Gasteiger partial charge in [0.1, 0.15) is 11.6 Å². The van der Waals surface area contributed by atoms with Crippen molar-refractivity contribution >= 4 is 37.5 Å². The second kappa shape index (κ2) is 9.69. The average molecular weight is 481 g/mol. The number of carbonyl (C=O) groups is 1. The van der Waals surface area contributed by atoms with Gasteiger partial charge < -0.3 is 15.1 Å². The van der Waals surface area contributed by atoms with Gasteiger partial charge in [0.05, 0.1) is 5.75 Å². The molecule has 1 aliphatic rings. The van der Waals surface area contributed by atoms with Crippen LogP contribution in [-0.4, -0.2) is 63.2 Å². The first-order valence-corrected chi connectivity index (χ1v) is 12.0.